The maximum Gasteiger partial charge on any atom is 0.174 e. The van der Waals surface area contributed by atoms with Gasteiger partial charge >= 0.3 is 0 Å². The lowest BCUT2D eigenvalue weighted by atomic mass is 10.1. The summed E-state index contributed by atoms with van der Waals surface area (Å²) in [6, 6.07) is 0. The van der Waals surface area contributed by atoms with Crippen molar-refractivity contribution in [3.63, 3.8) is 0 Å². The van der Waals surface area contributed by atoms with Crippen LogP contribution in [-0.4, -0.2) is 10.8 Å². The number of hydrogen-bond donors (Lipinski definition) is 0. The minimum atomic E-state index is 0.268. The van der Waals surface area contributed by atoms with Gasteiger partial charge in [0.1, 0.15) is 0 Å². The van der Waals surface area contributed by atoms with Crippen molar-refractivity contribution in [2.45, 2.75) is 25.7 Å². The fourth-order valence-electron chi connectivity index (χ4n) is 1.22. The van der Waals surface area contributed by atoms with E-state index in [4.69, 9.17) is 0 Å². The molecule has 0 spiro atoms. The second-order valence-corrected chi connectivity index (χ2v) is 4.16. The molecular formula is C9H11NOS. The quantitative estimate of drug-likeness (QED) is 0.668. The molecule has 1 aromatic heterocycles. The monoisotopic (exact) mass is 181 g/mol. The van der Waals surface area contributed by atoms with Crippen LogP contribution in [0.3, 0.4) is 0 Å². The fourth-order valence-corrected chi connectivity index (χ4v) is 1.81. The highest BCUT2D eigenvalue weighted by atomic mass is 32.1. The Morgan fingerprint density at radius 1 is 1.67 bits per heavy atom. The lowest BCUT2D eigenvalue weighted by molar-refractivity contribution is 0.0982. The Morgan fingerprint density at radius 2 is 2.50 bits per heavy atom. The first-order valence-electron chi connectivity index (χ1n) is 4.28. The van der Waals surface area contributed by atoms with Gasteiger partial charge in [-0.05, 0) is 12.3 Å². The van der Waals surface area contributed by atoms with Crippen molar-refractivity contribution in [2.75, 3.05) is 0 Å². The second kappa shape index (κ2) is 3.35. The summed E-state index contributed by atoms with van der Waals surface area (Å²) in [5.74, 6) is 1.12. The topological polar surface area (TPSA) is 30.0 Å². The molecule has 0 amide bonds. The first-order valence-corrected chi connectivity index (χ1v) is 5.16. The van der Waals surface area contributed by atoms with Crippen LogP contribution in [0.4, 0.5) is 0 Å². The average molecular weight is 181 g/mol. The minimum Gasteiger partial charge on any atom is -0.293 e. The van der Waals surface area contributed by atoms with Gasteiger partial charge in [-0.1, -0.05) is 12.8 Å². The largest absolute Gasteiger partial charge is 0.293 e. The van der Waals surface area contributed by atoms with E-state index in [-0.39, 0.29) is 5.78 Å². The number of Topliss-reactive ketones (excluding diaryl/α,β-unsaturated/α-hetero) is 1. The number of carbonyl (C=O) groups excluding carboxylic acids is 1. The van der Waals surface area contributed by atoms with Crippen LogP contribution in [-0.2, 0) is 0 Å². The van der Waals surface area contributed by atoms with E-state index in [1.807, 2.05) is 0 Å². The number of hydrogen-bond acceptors (Lipinski definition) is 3. The molecule has 0 atom stereocenters. The van der Waals surface area contributed by atoms with Crippen LogP contribution in [0.2, 0.25) is 0 Å². The summed E-state index contributed by atoms with van der Waals surface area (Å²) in [5, 5.41) is 0. The standard InChI is InChI=1S/C9H11NOS/c11-8(4-3-7-1-2-7)9-5-10-6-12-9/h5-7H,1-4H2. The Labute approximate surface area is 75.6 Å². The van der Waals surface area contributed by atoms with Crippen molar-refractivity contribution in [1.82, 2.24) is 4.98 Å². The molecule has 64 valence electrons. The van der Waals surface area contributed by atoms with Crippen LogP contribution in [0.25, 0.3) is 0 Å². The third kappa shape index (κ3) is 1.91. The third-order valence-electron chi connectivity index (χ3n) is 2.18. The number of thiazole rings is 1. The zero-order chi connectivity index (χ0) is 8.39. The Morgan fingerprint density at radius 3 is 3.08 bits per heavy atom. The molecule has 0 saturated heterocycles. The molecule has 0 N–H and O–H groups in total. The molecule has 2 rings (SSSR count). The van der Waals surface area contributed by atoms with E-state index in [9.17, 15) is 4.79 Å². The van der Waals surface area contributed by atoms with Crippen molar-refractivity contribution in [2.24, 2.45) is 5.92 Å². The molecule has 1 aliphatic rings. The van der Waals surface area contributed by atoms with E-state index >= 15 is 0 Å². The summed E-state index contributed by atoms with van der Waals surface area (Å²) in [6.45, 7) is 0. The number of rotatable bonds is 4. The third-order valence-corrected chi connectivity index (χ3v) is 3.00. The maximum absolute atomic E-state index is 11.4. The lowest BCUT2D eigenvalue weighted by Gasteiger charge is -1.94. The zero-order valence-corrected chi connectivity index (χ0v) is 7.64. The molecule has 0 aromatic carbocycles. The molecule has 3 heteroatoms. The first kappa shape index (κ1) is 7.92. The number of carbonyl (C=O) groups is 1. The van der Waals surface area contributed by atoms with Crippen LogP contribution in [0.15, 0.2) is 11.7 Å². The smallest absolute Gasteiger partial charge is 0.174 e. The van der Waals surface area contributed by atoms with Gasteiger partial charge in [0.05, 0.1) is 10.4 Å². The molecule has 1 fully saturated rings. The Balaban J connectivity index is 1.83. The number of aromatic nitrogens is 1. The highest BCUT2D eigenvalue weighted by Gasteiger charge is 2.22. The Bertz CT molecular complexity index is 264. The van der Waals surface area contributed by atoms with Crippen molar-refractivity contribution in [3.05, 3.63) is 16.6 Å². The van der Waals surface area contributed by atoms with Crippen LogP contribution in [0, 0.1) is 5.92 Å². The molecule has 0 unspecified atom stereocenters. The second-order valence-electron chi connectivity index (χ2n) is 3.27. The van der Waals surface area contributed by atoms with Crippen molar-refractivity contribution in [3.8, 4) is 0 Å². The summed E-state index contributed by atoms with van der Waals surface area (Å²) >= 11 is 1.44. The van der Waals surface area contributed by atoms with E-state index in [1.165, 1.54) is 24.2 Å². The minimum absolute atomic E-state index is 0.268. The summed E-state index contributed by atoms with van der Waals surface area (Å²) in [4.78, 5) is 16.1. The molecule has 0 bridgehead atoms. The molecule has 1 heterocycles. The number of ketones is 1. The maximum atomic E-state index is 11.4. The van der Waals surface area contributed by atoms with E-state index < -0.39 is 0 Å². The molecule has 0 radical (unpaired) electrons. The summed E-state index contributed by atoms with van der Waals surface area (Å²) in [7, 11) is 0. The highest BCUT2D eigenvalue weighted by Crippen LogP contribution is 2.33. The summed E-state index contributed by atoms with van der Waals surface area (Å²) in [5.41, 5.74) is 1.71. The van der Waals surface area contributed by atoms with Crippen LogP contribution in [0.1, 0.15) is 35.4 Å². The van der Waals surface area contributed by atoms with E-state index in [1.54, 1.807) is 11.7 Å². The predicted octanol–water partition coefficient (Wildman–Crippen LogP) is 2.52. The van der Waals surface area contributed by atoms with Crippen molar-refractivity contribution >= 4 is 17.1 Å². The van der Waals surface area contributed by atoms with E-state index in [0.717, 1.165) is 17.2 Å². The average Bonchev–Trinajstić information content (AvgIpc) is 2.74. The molecule has 0 aliphatic heterocycles. The van der Waals surface area contributed by atoms with Gasteiger partial charge in [0.2, 0.25) is 0 Å². The van der Waals surface area contributed by atoms with Gasteiger partial charge in [0.25, 0.3) is 0 Å². The molecular weight excluding hydrogens is 170 g/mol. The predicted molar refractivity (Wildman–Crippen MR) is 48.4 cm³/mol. The summed E-state index contributed by atoms with van der Waals surface area (Å²) in [6.07, 6.45) is 6.12. The fraction of sp³-hybridized carbons (Fsp3) is 0.556. The van der Waals surface area contributed by atoms with Gasteiger partial charge in [-0.2, -0.15) is 0 Å². The highest BCUT2D eigenvalue weighted by molar-refractivity contribution is 7.11. The number of nitrogens with zero attached hydrogens (tertiary/aromatic N) is 1. The first-order chi connectivity index (χ1) is 5.86. The van der Waals surface area contributed by atoms with Gasteiger partial charge in [0.15, 0.2) is 5.78 Å². The van der Waals surface area contributed by atoms with E-state index in [2.05, 4.69) is 4.98 Å². The molecule has 1 saturated carbocycles. The van der Waals surface area contributed by atoms with Gasteiger partial charge < -0.3 is 0 Å². The van der Waals surface area contributed by atoms with Crippen LogP contribution in [0.5, 0.6) is 0 Å². The summed E-state index contributed by atoms with van der Waals surface area (Å²) < 4.78 is 0. The molecule has 1 aliphatic carbocycles. The van der Waals surface area contributed by atoms with Crippen LogP contribution >= 0.6 is 11.3 Å². The van der Waals surface area contributed by atoms with Crippen molar-refractivity contribution < 1.29 is 4.79 Å². The SMILES string of the molecule is O=C(CCC1CC1)c1cncs1. The molecule has 1 aromatic rings. The normalized spacial score (nSPS) is 16.3. The van der Waals surface area contributed by atoms with Gasteiger partial charge in [-0.15, -0.1) is 11.3 Å². The van der Waals surface area contributed by atoms with Crippen LogP contribution < -0.4 is 0 Å². The van der Waals surface area contributed by atoms with Crippen molar-refractivity contribution in [1.29, 1.82) is 0 Å². The van der Waals surface area contributed by atoms with Gasteiger partial charge in [-0.3, -0.25) is 9.78 Å². The molecule has 2 nitrogen and oxygen atoms in total. The van der Waals surface area contributed by atoms with Gasteiger partial charge in [-0.25, -0.2) is 0 Å². The zero-order valence-electron chi connectivity index (χ0n) is 6.82. The Hall–Kier alpha value is -0.700. The van der Waals surface area contributed by atoms with E-state index in [0.29, 0.717) is 6.42 Å². The van der Waals surface area contributed by atoms with Gasteiger partial charge in [0, 0.05) is 12.6 Å². The Kier molecular flexibility index (Phi) is 2.21. The lowest BCUT2D eigenvalue weighted by Crippen LogP contribution is -1.95. The molecule has 12 heavy (non-hydrogen) atoms.